The number of amides is 1. The Hall–Kier alpha value is -2.27. The standard InChI is InChI=1S/C21H23N3OS/c1-3-24-19-11-7-6-10-18(19)22-21(24)26-15(2)20(25)23-13-12-16-8-4-5-9-17(16)14-23/h4-11,15H,3,12-14H2,1-2H3. The van der Waals surface area contributed by atoms with Crippen LogP contribution in [0.15, 0.2) is 53.7 Å². The van der Waals surface area contributed by atoms with Crippen LogP contribution in [-0.4, -0.2) is 32.2 Å². The molecule has 1 unspecified atom stereocenters. The molecule has 3 aromatic rings. The largest absolute Gasteiger partial charge is 0.337 e. The highest BCUT2D eigenvalue weighted by Gasteiger charge is 2.26. The van der Waals surface area contributed by atoms with Crippen LogP contribution in [-0.2, 0) is 24.3 Å². The molecule has 1 aliphatic rings. The molecule has 0 N–H and O–H groups in total. The molecule has 1 amide bonds. The Balaban J connectivity index is 1.52. The first-order valence-corrected chi connectivity index (χ1v) is 10.0. The summed E-state index contributed by atoms with van der Waals surface area (Å²) in [5.41, 5.74) is 4.75. The monoisotopic (exact) mass is 365 g/mol. The van der Waals surface area contributed by atoms with Gasteiger partial charge in [0.05, 0.1) is 16.3 Å². The molecule has 2 heterocycles. The summed E-state index contributed by atoms with van der Waals surface area (Å²) >= 11 is 1.56. The molecule has 0 bridgehead atoms. The van der Waals surface area contributed by atoms with E-state index in [1.54, 1.807) is 11.8 Å². The summed E-state index contributed by atoms with van der Waals surface area (Å²) in [5.74, 6) is 0.194. The summed E-state index contributed by atoms with van der Waals surface area (Å²) in [5, 5.41) is 0.773. The minimum absolute atomic E-state index is 0.151. The third-order valence-electron chi connectivity index (χ3n) is 5.01. The lowest BCUT2D eigenvalue weighted by Crippen LogP contribution is -2.40. The number of hydrogen-bond donors (Lipinski definition) is 0. The predicted molar refractivity (Wildman–Crippen MR) is 106 cm³/mol. The molecule has 2 aromatic carbocycles. The first kappa shape index (κ1) is 17.2. The number of rotatable bonds is 4. The van der Waals surface area contributed by atoms with E-state index in [4.69, 9.17) is 4.98 Å². The molecule has 0 saturated heterocycles. The van der Waals surface area contributed by atoms with Crippen LogP contribution in [0.2, 0.25) is 0 Å². The van der Waals surface area contributed by atoms with Crippen molar-refractivity contribution in [2.24, 2.45) is 0 Å². The molecular formula is C21H23N3OS. The summed E-state index contributed by atoms with van der Waals surface area (Å²) in [6.45, 7) is 6.47. The molecule has 1 aliphatic heterocycles. The lowest BCUT2D eigenvalue weighted by molar-refractivity contribution is -0.131. The molecule has 0 aliphatic carbocycles. The van der Waals surface area contributed by atoms with Gasteiger partial charge in [0.2, 0.25) is 5.91 Å². The molecule has 5 heteroatoms. The van der Waals surface area contributed by atoms with E-state index in [1.807, 2.05) is 30.0 Å². The van der Waals surface area contributed by atoms with E-state index in [9.17, 15) is 4.79 Å². The predicted octanol–water partition coefficient (Wildman–Crippen LogP) is 4.12. The molecule has 4 rings (SSSR count). The fourth-order valence-corrected chi connectivity index (χ4v) is 4.67. The number of imidazole rings is 1. The highest BCUT2D eigenvalue weighted by Crippen LogP contribution is 2.29. The Labute approximate surface area is 158 Å². The maximum atomic E-state index is 13.0. The van der Waals surface area contributed by atoms with E-state index in [0.29, 0.717) is 6.54 Å². The Morgan fingerprint density at radius 1 is 1.15 bits per heavy atom. The van der Waals surface area contributed by atoms with Gasteiger partial charge in [-0.25, -0.2) is 4.98 Å². The zero-order chi connectivity index (χ0) is 18.1. The lowest BCUT2D eigenvalue weighted by atomic mass is 10.00. The number of thioether (sulfide) groups is 1. The number of aryl methyl sites for hydroxylation is 1. The van der Waals surface area contributed by atoms with Gasteiger partial charge >= 0.3 is 0 Å². The molecule has 1 atom stereocenters. The van der Waals surface area contributed by atoms with Crippen molar-refractivity contribution in [3.8, 4) is 0 Å². The fourth-order valence-electron chi connectivity index (χ4n) is 3.60. The van der Waals surface area contributed by atoms with Crippen molar-refractivity contribution in [3.05, 3.63) is 59.7 Å². The number of fused-ring (bicyclic) bond motifs is 2. The third kappa shape index (κ3) is 3.12. The second-order valence-electron chi connectivity index (χ2n) is 6.67. The van der Waals surface area contributed by atoms with Gasteiger partial charge in [0.15, 0.2) is 5.16 Å². The number of nitrogens with zero attached hydrogens (tertiary/aromatic N) is 3. The van der Waals surface area contributed by atoms with E-state index in [2.05, 4.69) is 41.8 Å². The van der Waals surface area contributed by atoms with Gasteiger partial charge in [0.1, 0.15) is 0 Å². The molecule has 0 fully saturated rings. The van der Waals surface area contributed by atoms with Crippen molar-refractivity contribution in [3.63, 3.8) is 0 Å². The van der Waals surface area contributed by atoms with Crippen molar-refractivity contribution in [2.75, 3.05) is 6.54 Å². The third-order valence-corrected chi connectivity index (χ3v) is 6.09. The lowest BCUT2D eigenvalue weighted by Gasteiger charge is -2.30. The quantitative estimate of drug-likeness (QED) is 0.653. The van der Waals surface area contributed by atoms with Crippen LogP contribution in [0.1, 0.15) is 25.0 Å². The first-order chi connectivity index (χ1) is 12.7. The van der Waals surface area contributed by atoms with Crippen molar-refractivity contribution < 1.29 is 4.79 Å². The van der Waals surface area contributed by atoms with Crippen LogP contribution in [0.5, 0.6) is 0 Å². The summed E-state index contributed by atoms with van der Waals surface area (Å²) < 4.78 is 2.19. The van der Waals surface area contributed by atoms with Gasteiger partial charge in [0, 0.05) is 19.6 Å². The number of aromatic nitrogens is 2. The highest BCUT2D eigenvalue weighted by molar-refractivity contribution is 8.00. The number of carbonyl (C=O) groups is 1. The van der Waals surface area contributed by atoms with Crippen molar-refractivity contribution >= 4 is 28.7 Å². The highest BCUT2D eigenvalue weighted by atomic mass is 32.2. The molecule has 0 saturated carbocycles. The van der Waals surface area contributed by atoms with Crippen LogP contribution >= 0.6 is 11.8 Å². The molecule has 4 nitrogen and oxygen atoms in total. The summed E-state index contributed by atoms with van der Waals surface area (Å²) in [4.78, 5) is 19.7. The minimum atomic E-state index is -0.151. The Morgan fingerprint density at radius 3 is 2.69 bits per heavy atom. The van der Waals surface area contributed by atoms with Crippen molar-refractivity contribution in [2.45, 2.75) is 43.8 Å². The van der Waals surface area contributed by atoms with E-state index in [-0.39, 0.29) is 11.2 Å². The Kier molecular flexibility index (Phi) is 4.72. The maximum Gasteiger partial charge on any atom is 0.236 e. The van der Waals surface area contributed by atoms with Crippen LogP contribution in [0.3, 0.4) is 0 Å². The van der Waals surface area contributed by atoms with Crippen LogP contribution in [0.25, 0.3) is 11.0 Å². The summed E-state index contributed by atoms with van der Waals surface area (Å²) in [6.07, 6.45) is 0.937. The average molecular weight is 366 g/mol. The van der Waals surface area contributed by atoms with Gasteiger partial charge in [-0.15, -0.1) is 0 Å². The minimum Gasteiger partial charge on any atom is -0.337 e. The second-order valence-corrected chi connectivity index (χ2v) is 7.97. The van der Waals surface area contributed by atoms with Gasteiger partial charge in [-0.2, -0.15) is 0 Å². The van der Waals surface area contributed by atoms with E-state index >= 15 is 0 Å². The van der Waals surface area contributed by atoms with Gasteiger partial charge in [0.25, 0.3) is 0 Å². The van der Waals surface area contributed by atoms with Gasteiger partial charge in [-0.1, -0.05) is 48.2 Å². The number of benzene rings is 2. The zero-order valence-corrected chi connectivity index (χ0v) is 16.0. The summed E-state index contributed by atoms with van der Waals surface area (Å²) in [7, 11) is 0. The van der Waals surface area contributed by atoms with Crippen LogP contribution in [0, 0.1) is 0 Å². The molecule has 0 radical (unpaired) electrons. The maximum absolute atomic E-state index is 13.0. The first-order valence-electron chi connectivity index (χ1n) is 9.15. The molecular weight excluding hydrogens is 342 g/mol. The molecule has 134 valence electrons. The van der Waals surface area contributed by atoms with Crippen LogP contribution < -0.4 is 0 Å². The molecule has 1 aromatic heterocycles. The topological polar surface area (TPSA) is 38.1 Å². The molecule has 26 heavy (non-hydrogen) atoms. The van der Waals surface area contributed by atoms with Crippen molar-refractivity contribution in [1.82, 2.24) is 14.5 Å². The summed E-state index contributed by atoms with van der Waals surface area (Å²) in [6, 6.07) is 16.6. The Morgan fingerprint density at radius 2 is 1.88 bits per heavy atom. The SMILES string of the molecule is CCn1c(SC(C)C(=O)N2CCc3ccccc3C2)nc2ccccc21. The Bertz CT molecular complexity index is 949. The van der Waals surface area contributed by atoms with Crippen LogP contribution in [0.4, 0.5) is 0 Å². The fraction of sp³-hybridized carbons (Fsp3) is 0.333. The zero-order valence-electron chi connectivity index (χ0n) is 15.2. The van der Waals surface area contributed by atoms with Crippen molar-refractivity contribution in [1.29, 1.82) is 0 Å². The smallest absolute Gasteiger partial charge is 0.236 e. The van der Waals surface area contributed by atoms with E-state index in [1.165, 1.54) is 11.1 Å². The normalized spacial score (nSPS) is 15.1. The number of para-hydroxylation sites is 2. The number of hydrogen-bond acceptors (Lipinski definition) is 3. The van der Waals surface area contributed by atoms with Gasteiger partial charge in [-0.05, 0) is 43.5 Å². The van der Waals surface area contributed by atoms with Gasteiger partial charge < -0.3 is 9.47 Å². The average Bonchev–Trinajstić information content (AvgIpc) is 3.03. The van der Waals surface area contributed by atoms with E-state index < -0.39 is 0 Å². The number of carbonyl (C=O) groups excluding carboxylic acids is 1. The van der Waals surface area contributed by atoms with E-state index in [0.717, 1.165) is 35.7 Å². The second kappa shape index (κ2) is 7.16. The molecule has 0 spiro atoms. The van der Waals surface area contributed by atoms with Gasteiger partial charge in [-0.3, -0.25) is 4.79 Å².